The average molecular weight is 1160 g/mol. The summed E-state index contributed by atoms with van der Waals surface area (Å²) in [7, 11) is -2.62. The van der Waals surface area contributed by atoms with Crippen molar-refractivity contribution in [2.75, 3.05) is 0 Å². The average Bonchev–Trinajstić information content (AvgIpc) is 0.979. The van der Waals surface area contributed by atoms with Crippen LogP contribution < -0.4 is 20.7 Å². The van der Waals surface area contributed by atoms with E-state index in [0.29, 0.717) is 0 Å². The molecule has 1 aromatic heterocycles. The highest BCUT2D eigenvalue weighted by Gasteiger charge is 2.41. The maximum Gasteiger partial charge on any atom is 0.179 e. The van der Waals surface area contributed by atoms with Crippen LogP contribution in [0.25, 0.3) is 142 Å². The van der Waals surface area contributed by atoms with E-state index in [2.05, 4.69) is 346 Å². The van der Waals surface area contributed by atoms with E-state index in [1.807, 2.05) is 6.07 Å². The van der Waals surface area contributed by atoms with Crippen LogP contribution in [0, 0.1) is 0 Å². The lowest BCUT2D eigenvalue weighted by atomic mass is 9.85. The number of benzene rings is 17. The fourth-order valence-corrected chi connectivity index (χ4v) is 19.6. The molecule has 0 aliphatic heterocycles. The van der Waals surface area contributed by atoms with Gasteiger partial charge in [0.05, 0.1) is 0 Å². The van der Waals surface area contributed by atoms with E-state index in [1.165, 1.54) is 135 Å². The van der Waals surface area contributed by atoms with E-state index in [1.54, 1.807) is 0 Å². The molecule has 420 valence electrons. The lowest BCUT2D eigenvalue weighted by Crippen LogP contribution is -2.74. The molecule has 0 N–H and O–H groups in total. The van der Waals surface area contributed by atoms with Gasteiger partial charge in [-0.25, -0.2) is 0 Å². The van der Waals surface area contributed by atoms with E-state index in [0.717, 1.165) is 27.5 Å². The quantitative estimate of drug-likeness (QED) is 0.0840. The Bertz CT molecular complexity index is 5580. The molecule has 0 fully saturated rings. The second-order valence-corrected chi connectivity index (χ2v) is 27.5. The van der Waals surface area contributed by atoms with E-state index in [9.17, 15) is 0 Å². The van der Waals surface area contributed by atoms with Gasteiger partial charge in [0, 0.05) is 21.9 Å². The standard InChI is InChI=1S/C52H36Si.C36H22O/c1-4-18-43(19-5-1)53(44-20-6-2-7-21-44,45-22-8-3-9-23-45)46-33-32-39-35-42(31-29-40(39)36-46)52-49-26-14-12-24-47(49)51(48-25-13-15-27-50(48)52)41-30-28-37-16-10-11-17-38(37)34-41;1-2-11-24-22-25(21-20-23(24)10-1)34-27-13-3-5-15-29(27)35(30-16-6-4-14-28(30)34)32-18-9-17-31-26-12-7-8-19-33(26)37-36(31)32/h1-36H;1-22H. The SMILES string of the molecule is c1ccc([Si](c2ccccc2)(c2ccccc2)c2ccc3cc(-c4c5ccccc5c(-c5ccc6ccccc6c5)c5ccccc45)ccc3c2)cc1.c1ccc2cc(-c3c4ccccc4c(-c4cccc5c4oc4ccccc45)c4ccccc34)ccc2c1. The van der Waals surface area contributed by atoms with Gasteiger partial charge in [0.1, 0.15) is 11.2 Å². The largest absolute Gasteiger partial charge is 0.455 e. The molecule has 0 aliphatic rings. The van der Waals surface area contributed by atoms with Crippen LogP contribution in [0.2, 0.25) is 0 Å². The Labute approximate surface area is 523 Å². The third kappa shape index (κ3) is 8.75. The van der Waals surface area contributed by atoms with Crippen LogP contribution in [0.3, 0.4) is 0 Å². The van der Waals surface area contributed by atoms with Crippen molar-refractivity contribution in [1.29, 1.82) is 0 Å². The molecule has 0 amide bonds. The maximum atomic E-state index is 6.50. The van der Waals surface area contributed by atoms with Gasteiger partial charge >= 0.3 is 0 Å². The summed E-state index contributed by atoms with van der Waals surface area (Å²) in [6.45, 7) is 0. The van der Waals surface area contributed by atoms with Crippen molar-refractivity contribution >= 4 is 126 Å². The second-order valence-electron chi connectivity index (χ2n) is 23.7. The molecule has 0 aliphatic carbocycles. The summed E-state index contributed by atoms with van der Waals surface area (Å²) in [4.78, 5) is 0. The molecule has 1 heterocycles. The van der Waals surface area contributed by atoms with Crippen LogP contribution in [0.15, 0.2) is 356 Å². The Morgan fingerprint density at radius 3 is 0.933 bits per heavy atom. The fraction of sp³-hybridized carbons (Fsp3) is 0. The molecule has 0 radical (unpaired) electrons. The molecular formula is C88H58OSi. The topological polar surface area (TPSA) is 13.1 Å². The summed E-state index contributed by atoms with van der Waals surface area (Å²) in [6.07, 6.45) is 0. The predicted octanol–water partition coefficient (Wildman–Crippen LogP) is 21.4. The van der Waals surface area contributed by atoms with Crippen molar-refractivity contribution in [1.82, 2.24) is 0 Å². The first kappa shape index (κ1) is 52.9. The number of hydrogen-bond acceptors (Lipinski definition) is 1. The Morgan fingerprint density at radius 2 is 0.500 bits per heavy atom. The normalized spacial score (nSPS) is 11.8. The number of fused-ring (bicyclic) bond motifs is 10. The minimum absolute atomic E-state index is 0.923. The van der Waals surface area contributed by atoms with Gasteiger partial charge in [-0.1, -0.05) is 328 Å². The van der Waals surface area contributed by atoms with Crippen LogP contribution >= 0.6 is 0 Å². The molecular weight excluding hydrogens is 1100 g/mol. The zero-order chi connectivity index (χ0) is 59.5. The maximum absolute atomic E-state index is 6.50. The fourth-order valence-electron chi connectivity index (χ4n) is 14.8. The first-order valence-electron chi connectivity index (χ1n) is 31.1. The van der Waals surface area contributed by atoms with Gasteiger partial charge < -0.3 is 4.42 Å². The lowest BCUT2D eigenvalue weighted by molar-refractivity contribution is 0.670. The molecule has 18 aromatic rings. The van der Waals surface area contributed by atoms with Crippen LogP contribution in [-0.2, 0) is 0 Å². The Balaban J connectivity index is 0.000000148. The minimum atomic E-state index is -2.62. The number of para-hydroxylation sites is 2. The predicted molar refractivity (Wildman–Crippen MR) is 388 cm³/mol. The van der Waals surface area contributed by atoms with E-state index >= 15 is 0 Å². The molecule has 0 bridgehead atoms. The smallest absolute Gasteiger partial charge is 0.179 e. The monoisotopic (exact) mass is 1160 g/mol. The van der Waals surface area contributed by atoms with Gasteiger partial charge in [-0.2, -0.15) is 0 Å². The lowest BCUT2D eigenvalue weighted by Gasteiger charge is -2.34. The third-order valence-electron chi connectivity index (χ3n) is 18.8. The first-order chi connectivity index (χ1) is 44.7. The van der Waals surface area contributed by atoms with Crippen molar-refractivity contribution in [3.05, 3.63) is 352 Å². The van der Waals surface area contributed by atoms with Gasteiger partial charge in [-0.05, 0) is 154 Å². The summed E-state index contributed by atoms with van der Waals surface area (Å²) >= 11 is 0. The molecule has 1 nitrogen and oxygen atoms in total. The highest BCUT2D eigenvalue weighted by molar-refractivity contribution is 7.20. The molecule has 2 heteroatoms. The summed E-state index contributed by atoms with van der Waals surface area (Å²) in [6, 6.07) is 129. The summed E-state index contributed by atoms with van der Waals surface area (Å²) in [5.74, 6) is 0. The third-order valence-corrected chi connectivity index (χ3v) is 23.6. The highest BCUT2D eigenvalue weighted by atomic mass is 28.3. The summed E-state index contributed by atoms with van der Waals surface area (Å²) in [5, 5.41) is 25.4. The number of rotatable bonds is 8. The van der Waals surface area contributed by atoms with Crippen LogP contribution in [0.4, 0.5) is 0 Å². The van der Waals surface area contributed by atoms with Crippen molar-refractivity contribution in [3.63, 3.8) is 0 Å². The van der Waals surface area contributed by atoms with Crippen molar-refractivity contribution in [3.8, 4) is 44.5 Å². The molecule has 0 saturated heterocycles. The van der Waals surface area contributed by atoms with E-state index in [-0.39, 0.29) is 0 Å². The Morgan fingerprint density at radius 1 is 0.189 bits per heavy atom. The molecule has 17 aromatic carbocycles. The van der Waals surface area contributed by atoms with E-state index < -0.39 is 8.07 Å². The zero-order valence-electron chi connectivity index (χ0n) is 49.4. The Kier molecular flexibility index (Phi) is 13.0. The molecule has 0 spiro atoms. The van der Waals surface area contributed by atoms with Crippen molar-refractivity contribution < 1.29 is 4.42 Å². The van der Waals surface area contributed by atoms with Gasteiger partial charge in [-0.3, -0.25) is 0 Å². The van der Waals surface area contributed by atoms with Gasteiger partial charge in [0.2, 0.25) is 0 Å². The van der Waals surface area contributed by atoms with Crippen LogP contribution in [-0.4, -0.2) is 8.07 Å². The second kappa shape index (κ2) is 22.1. The minimum Gasteiger partial charge on any atom is -0.455 e. The number of hydrogen-bond donors (Lipinski definition) is 0. The van der Waals surface area contributed by atoms with Crippen LogP contribution in [0.5, 0.6) is 0 Å². The molecule has 0 saturated carbocycles. The zero-order valence-corrected chi connectivity index (χ0v) is 50.4. The van der Waals surface area contributed by atoms with Crippen molar-refractivity contribution in [2.45, 2.75) is 0 Å². The highest BCUT2D eigenvalue weighted by Crippen LogP contribution is 2.48. The van der Waals surface area contributed by atoms with Gasteiger partial charge in [0.15, 0.2) is 8.07 Å². The molecule has 90 heavy (non-hydrogen) atoms. The van der Waals surface area contributed by atoms with Crippen molar-refractivity contribution in [2.24, 2.45) is 0 Å². The molecule has 0 atom stereocenters. The number of furan rings is 1. The Hall–Kier alpha value is -11.4. The summed E-state index contributed by atoms with van der Waals surface area (Å²) in [5.41, 5.74) is 11.8. The van der Waals surface area contributed by atoms with E-state index in [4.69, 9.17) is 4.42 Å². The first-order valence-corrected chi connectivity index (χ1v) is 33.1. The molecule has 18 rings (SSSR count). The van der Waals surface area contributed by atoms with Gasteiger partial charge in [-0.15, -0.1) is 0 Å². The van der Waals surface area contributed by atoms with Crippen LogP contribution in [0.1, 0.15) is 0 Å². The molecule has 0 unspecified atom stereocenters. The summed E-state index contributed by atoms with van der Waals surface area (Å²) < 4.78 is 6.50. The van der Waals surface area contributed by atoms with Gasteiger partial charge in [0.25, 0.3) is 0 Å².